The lowest BCUT2D eigenvalue weighted by molar-refractivity contribution is -0.156. The van der Waals surface area contributed by atoms with Crippen molar-refractivity contribution < 1.29 is 9.53 Å². The van der Waals surface area contributed by atoms with Crippen LogP contribution < -0.4 is 5.32 Å². The molecular weight excluding hydrogens is 240 g/mol. The van der Waals surface area contributed by atoms with Crippen molar-refractivity contribution in [2.75, 3.05) is 26.2 Å². The van der Waals surface area contributed by atoms with Gasteiger partial charge < -0.3 is 9.64 Å². The molecule has 3 rings (SSSR count). The Morgan fingerprint density at radius 2 is 2.11 bits per heavy atom. The molecule has 3 fully saturated rings. The van der Waals surface area contributed by atoms with Gasteiger partial charge in [0.1, 0.15) is 5.54 Å². The van der Waals surface area contributed by atoms with Crippen LogP contribution in [0.4, 0.5) is 0 Å². The van der Waals surface area contributed by atoms with Crippen LogP contribution in [0.25, 0.3) is 0 Å². The van der Waals surface area contributed by atoms with Gasteiger partial charge in [0.15, 0.2) is 0 Å². The molecule has 3 unspecified atom stereocenters. The Morgan fingerprint density at radius 3 is 2.84 bits per heavy atom. The fraction of sp³-hybridized carbons (Fsp3) is 0.933. The molecule has 1 aliphatic carbocycles. The molecule has 0 aromatic heterocycles. The highest BCUT2D eigenvalue weighted by Crippen LogP contribution is 2.38. The number of ether oxygens (including phenoxy) is 1. The predicted molar refractivity (Wildman–Crippen MR) is 73.9 cm³/mol. The van der Waals surface area contributed by atoms with Gasteiger partial charge in [-0.25, -0.2) is 0 Å². The molecule has 3 aliphatic rings. The SMILES string of the molecule is CCOC(=O)C1(NC2CCCC2)CCN2CCC1C2. The highest BCUT2D eigenvalue weighted by Gasteiger charge is 2.53. The van der Waals surface area contributed by atoms with Crippen molar-refractivity contribution in [1.82, 2.24) is 10.2 Å². The highest BCUT2D eigenvalue weighted by molar-refractivity contribution is 5.82. The van der Waals surface area contributed by atoms with Gasteiger partial charge in [0, 0.05) is 25.0 Å². The maximum atomic E-state index is 12.6. The van der Waals surface area contributed by atoms with E-state index in [2.05, 4.69) is 10.2 Å². The van der Waals surface area contributed by atoms with Crippen molar-refractivity contribution in [2.45, 2.75) is 57.0 Å². The van der Waals surface area contributed by atoms with E-state index in [1.54, 1.807) is 0 Å². The van der Waals surface area contributed by atoms with Crippen LogP contribution in [0.1, 0.15) is 45.4 Å². The molecule has 2 saturated heterocycles. The number of esters is 1. The largest absolute Gasteiger partial charge is 0.465 e. The normalized spacial score (nSPS) is 38.6. The highest BCUT2D eigenvalue weighted by atomic mass is 16.5. The van der Waals surface area contributed by atoms with E-state index in [0.717, 1.165) is 32.5 Å². The Kier molecular flexibility index (Phi) is 3.81. The fourth-order valence-corrected chi connectivity index (χ4v) is 4.19. The van der Waals surface area contributed by atoms with Gasteiger partial charge >= 0.3 is 5.97 Å². The van der Waals surface area contributed by atoms with Crippen LogP contribution in [-0.4, -0.2) is 48.7 Å². The van der Waals surface area contributed by atoms with E-state index in [9.17, 15) is 4.79 Å². The predicted octanol–water partition coefficient (Wildman–Crippen LogP) is 1.55. The smallest absolute Gasteiger partial charge is 0.326 e. The number of carbonyl (C=O) groups excluding carboxylic acids is 1. The number of fused-ring (bicyclic) bond motifs is 2. The summed E-state index contributed by atoms with van der Waals surface area (Å²) in [6, 6.07) is 0.525. The summed E-state index contributed by atoms with van der Waals surface area (Å²) >= 11 is 0. The monoisotopic (exact) mass is 266 g/mol. The van der Waals surface area contributed by atoms with Gasteiger partial charge in [-0.05, 0) is 39.2 Å². The lowest BCUT2D eigenvalue weighted by Gasteiger charge is -2.43. The van der Waals surface area contributed by atoms with Crippen molar-refractivity contribution in [3.05, 3.63) is 0 Å². The molecule has 4 heteroatoms. The first-order chi connectivity index (χ1) is 9.24. The van der Waals surface area contributed by atoms with Crippen LogP contribution in [-0.2, 0) is 9.53 Å². The van der Waals surface area contributed by atoms with Gasteiger partial charge in [0.2, 0.25) is 0 Å². The molecule has 4 nitrogen and oxygen atoms in total. The Morgan fingerprint density at radius 1 is 1.32 bits per heavy atom. The molecule has 2 aliphatic heterocycles. The minimum Gasteiger partial charge on any atom is -0.465 e. The van der Waals surface area contributed by atoms with E-state index in [0.29, 0.717) is 18.6 Å². The zero-order valence-electron chi connectivity index (χ0n) is 12.0. The van der Waals surface area contributed by atoms with Crippen LogP contribution in [0.2, 0.25) is 0 Å². The average molecular weight is 266 g/mol. The second-order valence-corrected chi connectivity index (χ2v) is 6.35. The molecule has 108 valence electrons. The molecule has 2 heterocycles. The van der Waals surface area contributed by atoms with Gasteiger partial charge in [-0.2, -0.15) is 0 Å². The Labute approximate surface area is 115 Å². The summed E-state index contributed by atoms with van der Waals surface area (Å²) in [4.78, 5) is 15.1. The number of nitrogens with zero attached hydrogens (tertiary/aromatic N) is 1. The summed E-state index contributed by atoms with van der Waals surface area (Å²) < 4.78 is 5.43. The molecule has 2 bridgehead atoms. The lowest BCUT2D eigenvalue weighted by Crippen LogP contribution is -2.64. The number of carbonyl (C=O) groups is 1. The standard InChI is InChI=1S/C15H26N2O2/c1-2-19-14(18)15(16-13-5-3-4-6-13)8-10-17-9-7-12(15)11-17/h12-13,16H,2-11H2,1H3. The third kappa shape index (κ3) is 2.40. The van der Waals surface area contributed by atoms with Crippen LogP contribution in [0.3, 0.4) is 0 Å². The van der Waals surface area contributed by atoms with Crippen molar-refractivity contribution in [2.24, 2.45) is 5.92 Å². The van der Waals surface area contributed by atoms with Crippen LogP contribution in [0.5, 0.6) is 0 Å². The first-order valence-electron chi connectivity index (χ1n) is 7.92. The van der Waals surface area contributed by atoms with Gasteiger partial charge in [-0.15, -0.1) is 0 Å². The fourth-order valence-electron chi connectivity index (χ4n) is 4.19. The lowest BCUT2D eigenvalue weighted by atomic mass is 9.78. The van der Waals surface area contributed by atoms with E-state index in [1.165, 1.54) is 25.7 Å². The van der Waals surface area contributed by atoms with E-state index in [4.69, 9.17) is 4.74 Å². The van der Waals surface area contributed by atoms with E-state index in [1.807, 2.05) is 6.92 Å². The topological polar surface area (TPSA) is 41.6 Å². The maximum absolute atomic E-state index is 12.6. The first kappa shape index (κ1) is 13.4. The van der Waals surface area contributed by atoms with E-state index in [-0.39, 0.29) is 5.97 Å². The quantitative estimate of drug-likeness (QED) is 0.784. The molecule has 0 aromatic rings. The molecule has 0 spiro atoms. The molecular formula is C15H26N2O2. The molecule has 1 saturated carbocycles. The minimum atomic E-state index is -0.391. The molecule has 0 radical (unpaired) electrons. The summed E-state index contributed by atoms with van der Waals surface area (Å²) in [5, 5.41) is 3.74. The van der Waals surface area contributed by atoms with Crippen LogP contribution in [0, 0.1) is 5.92 Å². The number of hydrogen-bond acceptors (Lipinski definition) is 4. The summed E-state index contributed by atoms with van der Waals surface area (Å²) in [6.45, 7) is 5.65. The van der Waals surface area contributed by atoms with Crippen molar-refractivity contribution in [3.8, 4) is 0 Å². The van der Waals surface area contributed by atoms with E-state index < -0.39 is 5.54 Å². The zero-order valence-corrected chi connectivity index (χ0v) is 12.0. The second kappa shape index (κ2) is 5.41. The summed E-state index contributed by atoms with van der Waals surface area (Å²) in [5.41, 5.74) is -0.391. The molecule has 3 atom stereocenters. The van der Waals surface area contributed by atoms with Gasteiger partial charge in [0.25, 0.3) is 0 Å². The third-order valence-corrected chi connectivity index (χ3v) is 5.25. The number of nitrogens with one attached hydrogen (secondary N) is 1. The van der Waals surface area contributed by atoms with Crippen molar-refractivity contribution >= 4 is 5.97 Å². The number of piperidine rings is 1. The Hall–Kier alpha value is -0.610. The van der Waals surface area contributed by atoms with Crippen LogP contribution in [0.15, 0.2) is 0 Å². The van der Waals surface area contributed by atoms with Crippen LogP contribution >= 0.6 is 0 Å². The van der Waals surface area contributed by atoms with Gasteiger partial charge in [0.05, 0.1) is 6.61 Å². The first-order valence-corrected chi connectivity index (χ1v) is 7.92. The maximum Gasteiger partial charge on any atom is 0.326 e. The van der Waals surface area contributed by atoms with Crippen molar-refractivity contribution in [3.63, 3.8) is 0 Å². The Balaban J connectivity index is 1.79. The van der Waals surface area contributed by atoms with E-state index >= 15 is 0 Å². The zero-order chi connectivity index (χ0) is 13.3. The molecule has 0 amide bonds. The second-order valence-electron chi connectivity index (χ2n) is 6.35. The summed E-state index contributed by atoms with van der Waals surface area (Å²) in [6.07, 6.45) is 7.10. The third-order valence-electron chi connectivity index (χ3n) is 5.25. The molecule has 1 N–H and O–H groups in total. The minimum absolute atomic E-state index is 0.00782. The number of rotatable bonds is 4. The molecule has 19 heavy (non-hydrogen) atoms. The summed E-state index contributed by atoms with van der Waals surface area (Å²) in [7, 11) is 0. The number of hydrogen-bond donors (Lipinski definition) is 1. The van der Waals surface area contributed by atoms with Gasteiger partial charge in [-0.3, -0.25) is 10.1 Å². The average Bonchev–Trinajstić information content (AvgIpc) is 3.03. The van der Waals surface area contributed by atoms with Gasteiger partial charge in [-0.1, -0.05) is 12.8 Å². The van der Waals surface area contributed by atoms with Crippen molar-refractivity contribution in [1.29, 1.82) is 0 Å². The Bertz CT molecular complexity index is 341. The summed E-state index contributed by atoms with van der Waals surface area (Å²) in [5.74, 6) is 0.453. The molecule has 0 aromatic carbocycles.